The number of carbonyl (C=O) groups is 1. The lowest BCUT2D eigenvalue weighted by Crippen LogP contribution is -2.53. The second kappa shape index (κ2) is 54.0. The maximum Gasteiger partial charge on any atom is 0.249 e. The molecule has 0 heterocycles. The zero-order valence-corrected chi connectivity index (χ0v) is 44.0. The van der Waals surface area contributed by atoms with Crippen molar-refractivity contribution >= 4 is 5.91 Å². The standard InChI is InChI=1S/C59H117NO5/c1-3-5-7-9-11-13-15-17-19-21-22-23-24-25-26-27-28-29-30-31-32-33-34-35-37-39-41-43-45-47-49-51-53-57(63)59(65)60-55(54-61)58(64)56(62)52-50-48-46-44-42-40-38-36-20-18-16-14-12-10-8-6-4-2/h25-26,55-58,61-64H,3-24,27-54H2,1-2H3,(H,60,65)/b26-25-. The Morgan fingerprint density at radius 1 is 0.369 bits per heavy atom. The molecule has 0 aromatic rings. The average Bonchev–Trinajstić information content (AvgIpc) is 3.31. The first-order valence-electron chi connectivity index (χ1n) is 29.6. The molecule has 65 heavy (non-hydrogen) atoms. The van der Waals surface area contributed by atoms with Crippen molar-refractivity contribution in [3.63, 3.8) is 0 Å². The highest BCUT2D eigenvalue weighted by Crippen LogP contribution is 2.18. The third-order valence-corrected chi connectivity index (χ3v) is 14.2. The summed E-state index contributed by atoms with van der Waals surface area (Å²) in [6.07, 6.45) is 64.4. The Morgan fingerprint density at radius 3 is 0.892 bits per heavy atom. The number of allylic oxidation sites excluding steroid dienone is 2. The van der Waals surface area contributed by atoms with E-state index in [1.165, 1.54) is 263 Å². The summed E-state index contributed by atoms with van der Waals surface area (Å²) in [5.41, 5.74) is 0. The third kappa shape index (κ3) is 47.9. The Balaban J connectivity index is 3.55. The Bertz CT molecular complexity index is 944. The number of aliphatic hydroxyl groups excluding tert-OH is 4. The molecule has 0 bridgehead atoms. The lowest BCUT2D eigenvalue weighted by Gasteiger charge is -2.27. The van der Waals surface area contributed by atoms with Crippen molar-refractivity contribution in [2.24, 2.45) is 0 Å². The maximum absolute atomic E-state index is 12.6. The van der Waals surface area contributed by atoms with Gasteiger partial charge in [0.15, 0.2) is 0 Å². The molecule has 0 fully saturated rings. The zero-order chi connectivity index (χ0) is 47.4. The largest absolute Gasteiger partial charge is 0.394 e. The molecule has 388 valence electrons. The van der Waals surface area contributed by atoms with E-state index < -0.39 is 36.9 Å². The van der Waals surface area contributed by atoms with Gasteiger partial charge < -0.3 is 25.7 Å². The SMILES string of the molecule is CCCCCCCCCCCCCC/C=C\CCCCCCCCCCCCCCCCCCC(O)C(=O)NC(CO)C(O)C(O)CCCCCCCCCCCCCCCCCCC. The molecule has 0 radical (unpaired) electrons. The Kier molecular flexibility index (Phi) is 53.2. The van der Waals surface area contributed by atoms with Gasteiger partial charge in [-0.3, -0.25) is 4.79 Å². The predicted molar refractivity (Wildman–Crippen MR) is 284 cm³/mol. The van der Waals surface area contributed by atoms with Crippen LogP contribution in [0.1, 0.15) is 328 Å². The smallest absolute Gasteiger partial charge is 0.249 e. The minimum atomic E-state index is -1.26. The first-order valence-corrected chi connectivity index (χ1v) is 29.6. The molecular formula is C59H117NO5. The quantitative estimate of drug-likeness (QED) is 0.0308. The van der Waals surface area contributed by atoms with Gasteiger partial charge in [0.1, 0.15) is 12.2 Å². The Morgan fingerprint density at radius 2 is 0.615 bits per heavy atom. The van der Waals surface area contributed by atoms with Crippen molar-refractivity contribution in [1.82, 2.24) is 5.32 Å². The summed E-state index contributed by atoms with van der Waals surface area (Å²) < 4.78 is 0. The van der Waals surface area contributed by atoms with E-state index in [0.29, 0.717) is 12.8 Å². The summed E-state index contributed by atoms with van der Waals surface area (Å²) in [6, 6.07) is -0.982. The van der Waals surface area contributed by atoms with E-state index in [0.717, 1.165) is 38.5 Å². The van der Waals surface area contributed by atoms with E-state index in [1.54, 1.807) is 0 Å². The van der Waals surface area contributed by atoms with Gasteiger partial charge in [-0.15, -0.1) is 0 Å². The van der Waals surface area contributed by atoms with Gasteiger partial charge in [0.05, 0.1) is 18.8 Å². The van der Waals surface area contributed by atoms with E-state index in [-0.39, 0.29) is 0 Å². The molecule has 6 nitrogen and oxygen atoms in total. The molecule has 6 heteroatoms. The van der Waals surface area contributed by atoms with Crippen LogP contribution in [0.3, 0.4) is 0 Å². The lowest BCUT2D eigenvalue weighted by molar-refractivity contribution is -0.132. The van der Waals surface area contributed by atoms with Gasteiger partial charge in [0.25, 0.3) is 0 Å². The maximum atomic E-state index is 12.6. The van der Waals surface area contributed by atoms with Gasteiger partial charge >= 0.3 is 0 Å². The van der Waals surface area contributed by atoms with Gasteiger partial charge in [-0.1, -0.05) is 302 Å². The third-order valence-electron chi connectivity index (χ3n) is 14.2. The van der Waals surface area contributed by atoms with Crippen LogP contribution in [0, 0.1) is 0 Å². The van der Waals surface area contributed by atoms with Crippen molar-refractivity contribution < 1.29 is 25.2 Å². The van der Waals surface area contributed by atoms with Gasteiger partial charge in [-0.2, -0.15) is 0 Å². The first kappa shape index (κ1) is 64.0. The van der Waals surface area contributed by atoms with Crippen molar-refractivity contribution in [3.05, 3.63) is 12.2 Å². The van der Waals surface area contributed by atoms with Crippen molar-refractivity contribution in [2.45, 2.75) is 353 Å². The van der Waals surface area contributed by atoms with E-state index in [1.807, 2.05) is 0 Å². The first-order chi connectivity index (χ1) is 32.0. The minimum Gasteiger partial charge on any atom is -0.394 e. The van der Waals surface area contributed by atoms with E-state index >= 15 is 0 Å². The normalized spacial score (nSPS) is 13.8. The van der Waals surface area contributed by atoms with Crippen LogP contribution < -0.4 is 5.32 Å². The molecule has 0 aliphatic heterocycles. The topological polar surface area (TPSA) is 110 Å². The number of nitrogens with one attached hydrogen (secondary N) is 1. The summed E-state index contributed by atoms with van der Waals surface area (Å²) in [5.74, 6) is -0.577. The number of hydrogen-bond acceptors (Lipinski definition) is 5. The molecular weight excluding hydrogens is 803 g/mol. The summed E-state index contributed by atoms with van der Waals surface area (Å²) in [6.45, 7) is 4.09. The Labute approximate surface area is 406 Å². The highest BCUT2D eigenvalue weighted by Gasteiger charge is 2.28. The van der Waals surface area contributed by atoms with E-state index in [4.69, 9.17) is 0 Å². The second-order valence-electron chi connectivity index (χ2n) is 20.7. The molecule has 0 aromatic heterocycles. The van der Waals surface area contributed by atoms with Crippen LogP contribution in [-0.4, -0.2) is 57.3 Å². The summed E-state index contributed by atoms with van der Waals surface area (Å²) >= 11 is 0. The molecule has 0 aromatic carbocycles. The van der Waals surface area contributed by atoms with Crippen molar-refractivity contribution in [1.29, 1.82) is 0 Å². The van der Waals surface area contributed by atoms with E-state index in [9.17, 15) is 25.2 Å². The molecule has 0 saturated heterocycles. The fraction of sp³-hybridized carbons (Fsp3) is 0.949. The van der Waals surface area contributed by atoms with Crippen LogP contribution in [0.2, 0.25) is 0 Å². The number of amides is 1. The summed E-state index contributed by atoms with van der Waals surface area (Å²) in [5, 5.41) is 44.0. The fourth-order valence-corrected chi connectivity index (χ4v) is 9.58. The molecule has 0 spiro atoms. The number of rotatable bonds is 55. The average molecular weight is 921 g/mol. The van der Waals surface area contributed by atoms with Crippen LogP contribution in [-0.2, 0) is 4.79 Å². The highest BCUT2D eigenvalue weighted by molar-refractivity contribution is 5.80. The molecule has 0 aliphatic rings. The fourth-order valence-electron chi connectivity index (χ4n) is 9.58. The minimum absolute atomic E-state index is 0.374. The molecule has 5 N–H and O–H groups in total. The molecule has 1 amide bonds. The van der Waals surface area contributed by atoms with Gasteiger partial charge in [-0.25, -0.2) is 0 Å². The number of hydrogen-bond donors (Lipinski definition) is 5. The highest BCUT2D eigenvalue weighted by atomic mass is 16.3. The molecule has 4 unspecified atom stereocenters. The molecule has 0 rings (SSSR count). The number of aliphatic hydroxyl groups is 4. The number of unbranched alkanes of at least 4 members (excludes halogenated alkanes) is 44. The van der Waals surface area contributed by atoms with E-state index in [2.05, 4.69) is 31.3 Å². The summed E-state index contributed by atoms with van der Waals surface area (Å²) in [4.78, 5) is 12.6. The zero-order valence-electron chi connectivity index (χ0n) is 44.0. The molecule has 0 aliphatic carbocycles. The van der Waals surface area contributed by atoms with Gasteiger partial charge in [-0.05, 0) is 38.5 Å². The molecule has 4 atom stereocenters. The lowest BCUT2D eigenvalue weighted by atomic mass is 9.99. The Hall–Kier alpha value is -0.950. The van der Waals surface area contributed by atoms with Crippen LogP contribution >= 0.6 is 0 Å². The van der Waals surface area contributed by atoms with Crippen LogP contribution in [0.15, 0.2) is 12.2 Å². The predicted octanol–water partition coefficient (Wildman–Crippen LogP) is 17.3. The number of carbonyl (C=O) groups excluding carboxylic acids is 1. The van der Waals surface area contributed by atoms with Gasteiger partial charge in [0, 0.05) is 0 Å². The van der Waals surface area contributed by atoms with Crippen molar-refractivity contribution in [3.8, 4) is 0 Å². The van der Waals surface area contributed by atoms with Crippen LogP contribution in [0.5, 0.6) is 0 Å². The second-order valence-corrected chi connectivity index (χ2v) is 20.7. The summed E-state index contributed by atoms with van der Waals surface area (Å²) in [7, 11) is 0. The monoisotopic (exact) mass is 920 g/mol. The van der Waals surface area contributed by atoms with Crippen LogP contribution in [0.4, 0.5) is 0 Å². The van der Waals surface area contributed by atoms with Crippen LogP contribution in [0.25, 0.3) is 0 Å². The van der Waals surface area contributed by atoms with Crippen molar-refractivity contribution in [2.75, 3.05) is 6.61 Å². The van der Waals surface area contributed by atoms with Gasteiger partial charge in [0.2, 0.25) is 5.91 Å². The molecule has 0 saturated carbocycles.